The number of carbonyl (C=O) groups excluding carboxylic acids is 1. The molecule has 5 nitrogen and oxygen atoms in total. The number of amides is 1. The van der Waals surface area contributed by atoms with Crippen molar-refractivity contribution in [1.82, 2.24) is 19.8 Å². The molecular weight excluding hydrogens is 410 g/mol. The Hall–Kier alpha value is -2.70. The molecular formula is C25H30F2N4O. The number of hydrogen-bond acceptors (Lipinski definition) is 3. The molecule has 5 rings (SSSR count). The maximum atomic E-state index is 14.0. The number of rotatable bonds is 4. The van der Waals surface area contributed by atoms with E-state index >= 15 is 0 Å². The Morgan fingerprint density at radius 1 is 1.22 bits per heavy atom. The third-order valence-corrected chi connectivity index (χ3v) is 7.42. The summed E-state index contributed by atoms with van der Waals surface area (Å²) in [7, 11) is 2.03. The smallest absolute Gasteiger partial charge is 0.248 e. The number of hydrogen-bond donors (Lipinski definition) is 1. The molecule has 0 saturated heterocycles. The number of halogens is 2. The first-order valence-electron chi connectivity index (χ1n) is 11.5. The lowest BCUT2D eigenvalue weighted by molar-refractivity contribution is -0.132. The molecule has 7 heteroatoms. The lowest BCUT2D eigenvalue weighted by Crippen LogP contribution is -2.51. The van der Waals surface area contributed by atoms with E-state index in [0.29, 0.717) is 25.8 Å². The molecule has 2 aliphatic carbocycles. The van der Waals surface area contributed by atoms with Crippen LogP contribution in [-0.2, 0) is 11.3 Å². The molecule has 1 fully saturated rings. The minimum absolute atomic E-state index is 0.0444. The zero-order chi connectivity index (χ0) is 22.5. The molecule has 2 aromatic rings. The van der Waals surface area contributed by atoms with Gasteiger partial charge in [-0.05, 0) is 50.3 Å². The molecule has 1 aliphatic heterocycles. The number of nitrogens with zero attached hydrogens (tertiary/aromatic N) is 3. The highest BCUT2D eigenvalue weighted by molar-refractivity contribution is 5.88. The van der Waals surface area contributed by atoms with E-state index in [1.54, 1.807) is 0 Å². The molecule has 2 heterocycles. The van der Waals surface area contributed by atoms with E-state index < -0.39 is 11.3 Å². The van der Waals surface area contributed by atoms with E-state index in [1.165, 1.54) is 5.57 Å². The lowest BCUT2D eigenvalue weighted by atomic mass is 9.81. The van der Waals surface area contributed by atoms with Gasteiger partial charge in [0.05, 0.1) is 11.0 Å². The number of aromatic nitrogens is 2. The van der Waals surface area contributed by atoms with E-state index in [-0.39, 0.29) is 24.8 Å². The van der Waals surface area contributed by atoms with Gasteiger partial charge in [0.15, 0.2) is 0 Å². The lowest BCUT2D eigenvalue weighted by Gasteiger charge is -2.39. The second-order valence-corrected chi connectivity index (χ2v) is 9.58. The van der Waals surface area contributed by atoms with Crippen molar-refractivity contribution >= 4 is 16.9 Å². The molecule has 0 radical (unpaired) electrons. The Balaban J connectivity index is 1.52. The number of imidazole rings is 1. The number of alkyl halides is 2. The molecule has 32 heavy (non-hydrogen) atoms. The van der Waals surface area contributed by atoms with Crippen LogP contribution in [0.1, 0.15) is 44.3 Å². The van der Waals surface area contributed by atoms with Gasteiger partial charge >= 0.3 is 0 Å². The summed E-state index contributed by atoms with van der Waals surface area (Å²) in [6.45, 7) is 3.22. The first-order chi connectivity index (χ1) is 15.3. The van der Waals surface area contributed by atoms with Crippen molar-refractivity contribution < 1.29 is 13.6 Å². The van der Waals surface area contributed by atoms with Gasteiger partial charge in [0, 0.05) is 44.7 Å². The average Bonchev–Trinajstić information content (AvgIpc) is 3.29. The normalized spacial score (nSPS) is 25.4. The van der Waals surface area contributed by atoms with E-state index in [0.717, 1.165) is 35.5 Å². The van der Waals surface area contributed by atoms with Gasteiger partial charge in [-0.1, -0.05) is 24.3 Å². The Morgan fingerprint density at radius 3 is 2.75 bits per heavy atom. The molecule has 1 unspecified atom stereocenters. The standard InChI is InChI=1S/C25H30F2N4O/c1-17-28-20-7-3-4-8-21(20)31(17)16-24(12-9-18-6-5-15-30(2)22(18)24)23(32)29-19-10-13-25(26,27)14-11-19/h3-8,19H,9-16H2,1-2H3,(H,29,32). The summed E-state index contributed by atoms with van der Waals surface area (Å²) in [6, 6.07) is 7.79. The maximum Gasteiger partial charge on any atom is 0.248 e. The third-order valence-electron chi connectivity index (χ3n) is 7.42. The van der Waals surface area contributed by atoms with Gasteiger partial charge in [0.25, 0.3) is 0 Å². The first kappa shape index (κ1) is 21.2. The fraction of sp³-hybridized carbons (Fsp3) is 0.520. The van der Waals surface area contributed by atoms with Crippen molar-refractivity contribution in [3.05, 3.63) is 53.5 Å². The topological polar surface area (TPSA) is 50.2 Å². The minimum atomic E-state index is -2.61. The molecule has 3 aliphatic rings. The van der Waals surface area contributed by atoms with Crippen LogP contribution in [0, 0.1) is 12.3 Å². The van der Waals surface area contributed by atoms with Crippen LogP contribution in [0.3, 0.4) is 0 Å². The maximum absolute atomic E-state index is 14.0. The number of likely N-dealkylation sites (N-methyl/N-ethyl adjacent to an activating group) is 1. The molecule has 1 aromatic carbocycles. The van der Waals surface area contributed by atoms with Crippen molar-refractivity contribution in [1.29, 1.82) is 0 Å². The summed E-state index contributed by atoms with van der Waals surface area (Å²) in [5.74, 6) is -1.78. The Bertz CT molecular complexity index is 1110. The van der Waals surface area contributed by atoms with E-state index in [2.05, 4.69) is 26.9 Å². The monoisotopic (exact) mass is 440 g/mol. The van der Waals surface area contributed by atoms with Gasteiger partial charge in [-0.25, -0.2) is 13.8 Å². The van der Waals surface area contributed by atoms with E-state index in [4.69, 9.17) is 4.98 Å². The van der Waals surface area contributed by atoms with Crippen LogP contribution in [0.15, 0.2) is 47.7 Å². The molecule has 1 atom stereocenters. The molecule has 1 saturated carbocycles. The predicted molar refractivity (Wildman–Crippen MR) is 120 cm³/mol. The van der Waals surface area contributed by atoms with Crippen molar-refractivity contribution in [3.63, 3.8) is 0 Å². The largest absolute Gasteiger partial charge is 0.373 e. The molecule has 0 bridgehead atoms. The van der Waals surface area contributed by atoms with Crippen LogP contribution in [0.5, 0.6) is 0 Å². The number of fused-ring (bicyclic) bond motifs is 1. The summed E-state index contributed by atoms with van der Waals surface area (Å²) in [4.78, 5) is 20.8. The van der Waals surface area contributed by atoms with Crippen molar-refractivity contribution in [3.8, 4) is 0 Å². The predicted octanol–water partition coefficient (Wildman–Crippen LogP) is 4.57. The minimum Gasteiger partial charge on any atom is -0.373 e. The average molecular weight is 441 g/mol. The summed E-state index contributed by atoms with van der Waals surface area (Å²) < 4.78 is 29.5. The highest BCUT2D eigenvalue weighted by Crippen LogP contribution is 2.48. The van der Waals surface area contributed by atoms with Crippen LogP contribution >= 0.6 is 0 Å². The highest BCUT2D eigenvalue weighted by Gasteiger charge is 2.50. The van der Waals surface area contributed by atoms with Crippen LogP contribution < -0.4 is 5.32 Å². The molecule has 170 valence electrons. The summed E-state index contributed by atoms with van der Waals surface area (Å²) >= 11 is 0. The van der Waals surface area contributed by atoms with Gasteiger partial charge < -0.3 is 14.8 Å². The van der Waals surface area contributed by atoms with Crippen LogP contribution in [0.2, 0.25) is 0 Å². The third kappa shape index (κ3) is 3.51. The SMILES string of the molecule is Cc1nc2ccccc2n1CC1(C(=O)NC2CCC(F)(F)CC2)CCC2=C1N(C)CC=C2. The number of carbonyl (C=O) groups is 1. The van der Waals surface area contributed by atoms with Gasteiger partial charge in [0.1, 0.15) is 11.2 Å². The highest BCUT2D eigenvalue weighted by atomic mass is 19.3. The first-order valence-corrected chi connectivity index (χ1v) is 11.5. The number of nitrogens with one attached hydrogen (secondary N) is 1. The molecule has 1 amide bonds. The van der Waals surface area contributed by atoms with Crippen LogP contribution in [-0.4, -0.2) is 45.9 Å². The number of benzene rings is 1. The van der Waals surface area contributed by atoms with Gasteiger partial charge in [-0.3, -0.25) is 4.79 Å². The molecule has 0 spiro atoms. The summed E-state index contributed by atoms with van der Waals surface area (Å²) in [5.41, 5.74) is 3.45. The zero-order valence-electron chi connectivity index (χ0n) is 18.7. The Labute approximate surface area is 187 Å². The van der Waals surface area contributed by atoms with Gasteiger partial charge in [0.2, 0.25) is 11.8 Å². The second kappa shape index (κ2) is 7.71. The number of allylic oxidation sites excluding steroid dienone is 2. The molecule has 1 N–H and O–H groups in total. The van der Waals surface area contributed by atoms with Crippen molar-refractivity contribution in [2.75, 3.05) is 13.6 Å². The number of aryl methyl sites for hydroxylation is 1. The molecule has 1 aromatic heterocycles. The fourth-order valence-electron chi connectivity index (χ4n) is 5.73. The summed E-state index contributed by atoms with van der Waals surface area (Å²) in [6.07, 6.45) is 6.13. The summed E-state index contributed by atoms with van der Waals surface area (Å²) in [5, 5.41) is 3.18. The van der Waals surface area contributed by atoms with Crippen molar-refractivity contribution in [2.24, 2.45) is 5.41 Å². The van der Waals surface area contributed by atoms with Crippen LogP contribution in [0.4, 0.5) is 8.78 Å². The Morgan fingerprint density at radius 2 is 1.97 bits per heavy atom. The van der Waals surface area contributed by atoms with E-state index in [1.807, 2.05) is 38.2 Å². The van der Waals surface area contributed by atoms with Crippen molar-refractivity contribution in [2.45, 2.75) is 64.0 Å². The second-order valence-electron chi connectivity index (χ2n) is 9.58. The van der Waals surface area contributed by atoms with Gasteiger partial charge in [-0.15, -0.1) is 0 Å². The fourth-order valence-corrected chi connectivity index (χ4v) is 5.73. The van der Waals surface area contributed by atoms with Gasteiger partial charge in [-0.2, -0.15) is 0 Å². The quantitative estimate of drug-likeness (QED) is 0.758. The zero-order valence-corrected chi connectivity index (χ0v) is 18.7. The Kier molecular flexibility index (Phi) is 5.10. The number of para-hydroxylation sites is 2. The van der Waals surface area contributed by atoms with Crippen LogP contribution in [0.25, 0.3) is 11.0 Å². The van der Waals surface area contributed by atoms with E-state index in [9.17, 15) is 13.6 Å².